The molecular weight excluding hydrogens is 216 g/mol. The van der Waals surface area contributed by atoms with E-state index < -0.39 is 0 Å². The van der Waals surface area contributed by atoms with Gasteiger partial charge in [0.15, 0.2) is 0 Å². The fourth-order valence-corrected chi connectivity index (χ4v) is 2.28. The summed E-state index contributed by atoms with van der Waals surface area (Å²) in [6, 6.07) is 0.0451. The molecule has 4 heteroatoms. The lowest BCUT2D eigenvalue weighted by molar-refractivity contribution is -0.131. The van der Waals surface area contributed by atoms with Crippen LogP contribution in [0.1, 0.15) is 39.5 Å². The standard InChI is InChI=1S/C13H26N2O2/c1-11(2)8-12(10-16)14-9-13(17)15-6-4-3-5-7-15/h11-12,14,16H,3-10H2,1-2H3. The van der Waals surface area contributed by atoms with Crippen molar-refractivity contribution in [2.45, 2.75) is 45.6 Å². The lowest BCUT2D eigenvalue weighted by atomic mass is 10.0. The van der Waals surface area contributed by atoms with Gasteiger partial charge in [0, 0.05) is 19.1 Å². The Balaban J connectivity index is 2.25. The van der Waals surface area contributed by atoms with Crippen molar-refractivity contribution in [2.24, 2.45) is 5.92 Å². The number of nitrogens with zero attached hydrogens (tertiary/aromatic N) is 1. The van der Waals surface area contributed by atoms with Crippen LogP contribution in [-0.4, -0.2) is 48.2 Å². The summed E-state index contributed by atoms with van der Waals surface area (Å²) in [6.07, 6.45) is 4.40. The third-order valence-corrected chi connectivity index (χ3v) is 3.23. The predicted molar refractivity (Wildman–Crippen MR) is 68.8 cm³/mol. The lowest BCUT2D eigenvalue weighted by Crippen LogP contribution is -2.45. The van der Waals surface area contributed by atoms with Gasteiger partial charge in [0.2, 0.25) is 5.91 Å². The van der Waals surface area contributed by atoms with Crippen molar-refractivity contribution >= 4 is 5.91 Å². The number of hydrogen-bond acceptors (Lipinski definition) is 3. The van der Waals surface area contributed by atoms with Crippen LogP contribution >= 0.6 is 0 Å². The first-order chi connectivity index (χ1) is 8.13. The molecule has 0 aromatic carbocycles. The summed E-state index contributed by atoms with van der Waals surface area (Å²) in [7, 11) is 0. The van der Waals surface area contributed by atoms with Crippen LogP contribution in [0.2, 0.25) is 0 Å². The Hall–Kier alpha value is -0.610. The molecule has 0 bridgehead atoms. The SMILES string of the molecule is CC(C)CC(CO)NCC(=O)N1CCCCC1. The number of piperidine rings is 1. The average molecular weight is 242 g/mol. The van der Waals surface area contributed by atoms with Crippen molar-refractivity contribution in [1.29, 1.82) is 0 Å². The highest BCUT2D eigenvalue weighted by Gasteiger charge is 2.17. The molecule has 100 valence electrons. The van der Waals surface area contributed by atoms with Crippen molar-refractivity contribution in [3.05, 3.63) is 0 Å². The Bertz CT molecular complexity index is 225. The predicted octanol–water partition coefficient (Wildman–Crippen LogP) is 0.995. The Morgan fingerprint density at radius 1 is 1.29 bits per heavy atom. The zero-order chi connectivity index (χ0) is 12.7. The zero-order valence-corrected chi connectivity index (χ0v) is 11.1. The average Bonchev–Trinajstić information content (AvgIpc) is 2.34. The van der Waals surface area contributed by atoms with Gasteiger partial charge >= 0.3 is 0 Å². The molecule has 1 aliphatic heterocycles. The molecule has 2 N–H and O–H groups in total. The van der Waals surface area contributed by atoms with Crippen LogP contribution in [0.3, 0.4) is 0 Å². The van der Waals surface area contributed by atoms with E-state index in [4.69, 9.17) is 0 Å². The Morgan fingerprint density at radius 3 is 2.47 bits per heavy atom. The van der Waals surface area contributed by atoms with Crippen molar-refractivity contribution < 1.29 is 9.90 Å². The fourth-order valence-electron chi connectivity index (χ4n) is 2.28. The zero-order valence-electron chi connectivity index (χ0n) is 11.1. The van der Waals surface area contributed by atoms with E-state index in [9.17, 15) is 9.90 Å². The molecule has 1 aliphatic rings. The number of aliphatic hydroxyl groups excluding tert-OH is 1. The Morgan fingerprint density at radius 2 is 1.94 bits per heavy atom. The molecule has 1 saturated heterocycles. The van der Waals surface area contributed by atoms with E-state index in [1.54, 1.807) is 0 Å². The van der Waals surface area contributed by atoms with E-state index in [0.29, 0.717) is 12.5 Å². The highest BCUT2D eigenvalue weighted by Crippen LogP contribution is 2.09. The number of likely N-dealkylation sites (tertiary alicyclic amines) is 1. The van der Waals surface area contributed by atoms with E-state index in [-0.39, 0.29) is 18.6 Å². The van der Waals surface area contributed by atoms with Crippen LogP contribution < -0.4 is 5.32 Å². The van der Waals surface area contributed by atoms with Crippen molar-refractivity contribution in [1.82, 2.24) is 10.2 Å². The first-order valence-electron chi connectivity index (χ1n) is 6.75. The van der Waals surface area contributed by atoms with Gasteiger partial charge in [-0.25, -0.2) is 0 Å². The Labute approximate surface area is 104 Å². The molecule has 0 aromatic rings. The van der Waals surface area contributed by atoms with Gasteiger partial charge in [0.1, 0.15) is 0 Å². The van der Waals surface area contributed by atoms with Crippen LogP contribution in [0.25, 0.3) is 0 Å². The molecule has 0 aliphatic carbocycles. The number of rotatable bonds is 6. The molecular formula is C13H26N2O2. The van der Waals surface area contributed by atoms with E-state index in [2.05, 4.69) is 19.2 Å². The number of amides is 1. The molecule has 0 saturated carbocycles. The van der Waals surface area contributed by atoms with Crippen LogP contribution in [-0.2, 0) is 4.79 Å². The molecule has 1 rings (SSSR count). The van der Waals surface area contributed by atoms with Crippen LogP contribution in [0.15, 0.2) is 0 Å². The minimum absolute atomic E-state index is 0.0451. The quantitative estimate of drug-likeness (QED) is 0.730. The van der Waals surface area contributed by atoms with E-state index >= 15 is 0 Å². The maximum atomic E-state index is 11.9. The summed E-state index contributed by atoms with van der Waals surface area (Å²) >= 11 is 0. The van der Waals surface area contributed by atoms with E-state index in [0.717, 1.165) is 32.4 Å². The first-order valence-corrected chi connectivity index (χ1v) is 6.75. The summed E-state index contributed by atoms with van der Waals surface area (Å²) in [5.41, 5.74) is 0. The highest BCUT2D eigenvalue weighted by atomic mass is 16.3. The second-order valence-corrected chi connectivity index (χ2v) is 5.33. The molecule has 0 spiro atoms. The van der Waals surface area contributed by atoms with Gasteiger partial charge in [-0.3, -0.25) is 4.79 Å². The second-order valence-electron chi connectivity index (χ2n) is 5.33. The normalized spacial score (nSPS) is 18.5. The number of carbonyl (C=O) groups is 1. The van der Waals surface area contributed by atoms with Gasteiger partial charge in [0.25, 0.3) is 0 Å². The lowest BCUT2D eigenvalue weighted by Gasteiger charge is -2.28. The summed E-state index contributed by atoms with van der Waals surface area (Å²) in [5.74, 6) is 0.705. The number of aliphatic hydroxyl groups is 1. The maximum Gasteiger partial charge on any atom is 0.236 e. The third kappa shape index (κ3) is 5.50. The van der Waals surface area contributed by atoms with Gasteiger partial charge in [-0.05, 0) is 31.6 Å². The molecule has 0 radical (unpaired) electrons. The largest absolute Gasteiger partial charge is 0.395 e. The van der Waals surface area contributed by atoms with Gasteiger partial charge in [-0.2, -0.15) is 0 Å². The van der Waals surface area contributed by atoms with Crippen LogP contribution in [0.5, 0.6) is 0 Å². The summed E-state index contributed by atoms with van der Waals surface area (Å²) in [6.45, 7) is 6.50. The Kier molecular flexibility index (Phi) is 6.52. The van der Waals surface area contributed by atoms with Gasteiger partial charge in [-0.1, -0.05) is 13.8 Å². The minimum Gasteiger partial charge on any atom is -0.395 e. The topological polar surface area (TPSA) is 52.6 Å². The van der Waals surface area contributed by atoms with Crippen molar-refractivity contribution in [2.75, 3.05) is 26.2 Å². The molecule has 1 fully saturated rings. The minimum atomic E-state index is 0.0451. The highest BCUT2D eigenvalue weighted by molar-refractivity contribution is 5.78. The molecule has 1 heterocycles. The summed E-state index contributed by atoms with van der Waals surface area (Å²) < 4.78 is 0. The number of nitrogens with one attached hydrogen (secondary N) is 1. The van der Waals surface area contributed by atoms with E-state index in [1.165, 1.54) is 6.42 Å². The van der Waals surface area contributed by atoms with Crippen molar-refractivity contribution in [3.63, 3.8) is 0 Å². The van der Waals surface area contributed by atoms with Crippen LogP contribution in [0, 0.1) is 5.92 Å². The van der Waals surface area contributed by atoms with Gasteiger partial charge in [-0.15, -0.1) is 0 Å². The molecule has 1 atom stereocenters. The summed E-state index contributed by atoms with van der Waals surface area (Å²) in [5, 5.41) is 12.4. The maximum absolute atomic E-state index is 11.9. The smallest absolute Gasteiger partial charge is 0.236 e. The van der Waals surface area contributed by atoms with Gasteiger partial charge < -0.3 is 15.3 Å². The summed E-state index contributed by atoms with van der Waals surface area (Å²) in [4.78, 5) is 13.8. The van der Waals surface area contributed by atoms with Crippen LogP contribution in [0.4, 0.5) is 0 Å². The third-order valence-electron chi connectivity index (χ3n) is 3.23. The molecule has 0 aromatic heterocycles. The molecule has 1 amide bonds. The van der Waals surface area contributed by atoms with Gasteiger partial charge in [0.05, 0.1) is 13.2 Å². The molecule has 4 nitrogen and oxygen atoms in total. The second kappa shape index (κ2) is 7.67. The molecule has 1 unspecified atom stereocenters. The van der Waals surface area contributed by atoms with Crippen molar-refractivity contribution in [3.8, 4) is 0 Å². The number of carbonyl (C=O) groups excluding carboxylic acids is 1. The first kappa shape index (κ1) is 14.5. The fraction of sp³-hybridized carbons (Fsp3) is 0.923. The monoisotopic (exact) mass is 242 g/mol. The number of hydrogen-bond donors (Lipinski definition) is 2. The van der Waals surface area contributed by atoms with E-state index in [1.807, 2.05) is 4.90 Å². The molecule has 17 heavy (non-hydrogen) atoms.